The number of halogens is 1. The smallest absolute Gasteiger partial charge is 0.321 e. The summed E-state index contributed by atoms with van der Waals surface area (Å²) in [5.41, 5.74) is 4.39. The summed E-state index contributed by atoms with van der Waals surface area (Å²) in [5, 5.41) is 8.82. The number of nitrogens with zero attached hydrogens (tertiary/aromatic N) is 2. The second-order valence-electron chi connectivity index (χ2n) is 10.4. The lowest BCUT2D eigenvalue weighted by Gasteiger charge is -2.37. The van der Waals surface area contributed by atoms with Crippen molar-refractivity contribution < 1.29 is 18.8 Å². The van der Waals surface area contributed by atoms with Gasteiger partial charge in [-0.25, -0.2) is 9.18 Å². The van der Waals surface area contributed by atoms with Crippen LogP contribution in [0, 0.1) is 18.7 Å². The summed E-state index contributed by atoms with van der Waals surface area (Å²) in [5.74, 6) is -0.628. The highest BCUT2D eigenvalue weighted by molar-refractivity contribution is 6.02. The molecular formula is C31H34FN5O3. The zero-order valence-electron chi connectivity index (χ0n) is 22.6. The highest BCUT2D eigenvalue weighted by atomic mass is 19.1. The summed E-state index contributed by atoms with van der Waals surface area (Å²) in [7, 11) is 0. The molecule has 1 saturated carbocycles. The Hall–Kier alpha value is -4.40. The third-order valence-corrected chi connectivity index (χ3v) is 7.56. The standard InChI is InChI=1S/C31H34FN5O3/c1-21-5-11-25(12-6-21)35-31(40)37-17-15-36(16-18-37)28-14-13-26(34-29(38)23-3-2-4-23)19-27(28)30(39)33-20-22-7-9-24(32)10-8-22/h5-14,19,23H,2-4,15-18,20H2,1H3,(H,33,39)(H,34,38)(H,35,40). The van der Waals surface area contributed by atoms with Gasteiger partial charge >= 0.3 is 6.03 Å². The van der Waals surface area contributed by atoms with E-state index in [2.05, 4.69) is 20.9 Å². The number of amides is 4. The monoisotopic (exact) mass is 543 g/mol. The molecule has 208 valence electrons. The number of aryl methyl sites for hydroxylation is 1. The SMILES string of the molecule is Cc1ccc(NC(=O)N2CCN(c3ccc(NC(=O)C4CCC4)cc3C(=O)NCc3ccc(F)cc3)CC2)cc1. The summed E-state index contributed by atoms with van der Waals surface area (Å²) < 4.78 is 13.3. The van der Waals surface area contributed by atoms with Crippen LogP contribution in [0.2, 0.25) is 0 Å². The summed E-state index contributed by atoms with van der Waals surface area (Å²) in [6.45, 7) is 4.32. The summed E-state index contributed by atoms with van der Waals surface area (Å²) >= 11 is 0. The molecular weight excluding hydrogens is 509 g/mol. The Morgan fingerprint density at radius 2 is 1.52 bits per heavy atom. The Bertz CT molecular complexity index is 1360. The number of anilines is 3. The zero-order valence-corrected chi connectivity index (χ0v) is 22.6. The van der Waals surface area contributed by atoms with Crippen molar-refractivity contribution in [1.82, 2.24) is 10.2 Å². The number of rotatable bonds is 7. The molecule has 0 unspecified atom stereocenters. The van der Waals surface area contributed by atoms with Crippen LogP contribution in [0.5, 0.6) is 0 Å². The second-order valence-corrected chi connectivity index (χ2v) is 10.4. The van der Waals surface area contributed by atoms with E-state index in [1.54, 1.807) is 23.1 Å². The normalized spacial score (nSPS) is 15.2. The molecule has 3 aromatic carbocycles. The van der Waals surface area contributed by atoms with Gasteiger partial charge in [0.1, 0.15) is 5.82 Å². The van der Waals surface area contributed by atoms with Gasteiger partial charge < -0.3 is 25.8 Å². The third kappa shape index (κ3) is 6.59. The van der Waals surface area contributed by atoms with E-state index < -0.39 is 0 Å². The van der Waals surface area contributed by atoms with E-state index in [1.165, 1.54) is 12.1 Å². The van der Waals surface area contributed by atoms with Crippen molar-refractivity contribution in [3.05, 3.63) is 89.2 Å². The molecule has 1 heterocycles. The third-order valence-electron chi connectivity index (χ3n) is 7.56. The highest BCUT2D eigenvalue weighted by Crippen LogP contribution is 2.30. The van der Waals surface area contributed by atoms with Gasteiger partial charge in [0.25, 0.3) is 5.91 Å². The summed E-state index contributed by atoms with van der Waals surface area (Å²) in [6, 6.07) is 18.9. The van der Waals surface area contributed by atoms with Crippen LogP contribution in [0.25, 0.3) is 0 Å². The topological polar surface area (TPSA) is 93.8 Å². The number of benzene rings is 3. The minimum absolute atomic E-state index is 0.0227. The maximum absolute atomic E-state index is 13.4. The number of urea groups is 1. The van der Waals surface area contributed by atoms with Crippen LogP contribution in [0.4, 0.5) is 26.2 Å². The molecule has 9 heteroatoms. The first kappa shape index (κ1) is 27.2. The second kappa shape index (κ2) is 12.2. The molecule has 2 fully saturated rings. The van der Waals surface area contributed by atoms with E-state index in [9.17, 15) is 18.8 Å². The molecule has 5 rings (SSSR count). The summed E-state index contributed by atoms with van der Waals surface area (Å²) in [4.78, 5) is 42.6. The van der Waals surface area contributed by atoms with Crippen molar-refractivity contribution in [2.24, 2.45) is 5.92 Å². The van der Waals surface area contributed by atoms with Gasteiger partial charge in [-0.1, -0.05) is 36.2 Å². The van der Waals surface area contributed by atoms with Gasteiger partial charge in [0, 0.05) is 55.7 Å². The molecule has 1 aliphatic carbocycles. The number of carbonyl (C=O) groups is 3. The maximum Gasteiger partial charge on any atom is 0.321 e. The molecule has 3 aromatic rings. The molecule has 40 heavy (non-hydrogen) atoms. The largest absolute Gasteiger partial charge is 0.367 e. The van der Waals surface area contributed by atoms with Crippen molar-refractivity contribution in [2.75, 3.05) is 41.7 Å². The van der Waals surface area contributed by atoms with Gasteiger partial charge in [0.2, 0.25) is 5.91 Å². The lowest BCUT2D eigenvalue weighted by atomic mass is 9.85. The van der Waals surface area contributed by atoms with Crippen molar-refractivity contribution in [1.29, 1.82) is 0 Å². The molecule has 8 nitrogen and oxygen atoms in total. The molecule has 0 radical (unpaired) electrons. The van der Waals surface area contributed by atoms with Crippen LogP contribution in [-0.4, -0.2) is 48.9 Å². The fourth-order valence-corrected chi connectivity index (χ4v) is 4.86. The average molecular weight is 544 g/mol. The molecule has 1 saturated heterocycles. The van der Waals surface area contributed by atoms with Crippen LogP contribution in [-0.2, 0) is 11.3 Å². The van der Waals surface area contributed by atoms with Crippen LogP contribution < -0.4 is 20.9 Å². The average Bonchev–Trinajstić information content (AvgIpc) is 2.93. The van der Waals surface area contributed by atoms with Gasteiger partial charge in [0.15, 0.2) is 0 Å². The number of piperazine rings is 1. The molecule has 4 amide bonds. The quantitative estimate of drug-likeness (QED) is 0.384. The molecule has 3 N–H and O–H groups in total. The molecule has 0 bridgehead atoms. The molecule has 0 aromatic heterocycles. The van der Waals surface area contributed by atoms with Crippen LogP contribution in [0.15, 0.2) is 66.7 Å². The fraction of sp³-hybridized carbons (Fsp3) is 0.323. The number of nitrogens with one attached hydrogen (secondary N) is 3. The lowest BCUT2D eigenvalue weighted by molar-refractivity contribution is -0.122. The van der Waals surface area contributed by atoms with Gasteiger partial charge in [-0.05, 0) is 67.8 Å². The van der Waals surface area contributed by atoms with Crippen molar-refractivity contribution in [3.63, 3.8) is 0 Å². The minimum atomic E-state index is -0.334. The highest BCUT2D eigenvalue weighted by Gasteiger charge is 2.27. The Morgan fingerprint density at radius 3 is 2.17 bits per heavy atom. The molecule has 0 spiro atoms. The van der Waals surface area contributed by atoms with Crippen molar-refractivity contribution in [2.45, 2.75) is 32.7 Å². The van der Waals surface area contributed by atoms with E-state index in [-0.39, 0.29) is 36.1 Å². The van der Waals surface area contributed by atoms with Crippen LogP contribution >= 0.6 is 0 Å². The van der Waals surface area contributed by atoms with Gasteiger partial charge in [-0.15, -0.1) is 0 Å². The first-order valence-electron chi connectivity index (χ1n) is 13.7. The van der Waals surface area contributed by atoms with Crippen molar-refractivity contribution in [3.8, 4) is 0 Å². The molecule has 1 aliphatic heterocycles. The molecule has 2 aliphatic rings. The first-order valence-corrected chi connectivity index (χ1v) is 13.7. The Kier molecular flexibility index (Phi) is 8.28. The maximum atomic E-state index is 13.4. The van der Waals surface area contributed by atoms with Crippen molar-refractivity contribution >= 4 is 34.9 Å². The predicted octanol–water partition coefficient (Wildman–Crippen LogP) is 5.16. The Labute approximate surface area is 233 Å². The van der Waals surface area contributed by atoms with E-state index in [4.69, 9.17) is 0 Å². The van der Waals surface area contributed by atoms with Crippen LogP contribution in [0.1, 0.15) is 40.7 Å². The lowest BCUT2D eigenvalue weighted by Crippen LogP contribution is -2.50. The fourth-order valence-electron chi connectivity index (χ4n) is 4.86. The Morgan fingerprint density at radius 1 is 0.850 bits per heavy atom. The Balaban J connectivity index is 1.28. The van der Waals surface area contributed by atoms with Crippen LogP contribution in [0.3, 0.4) is 0 Å². The number of hydrogen-bond donors (Lipinski definition) is 3. The zero-order chi connectivity index (χ0) is 28.1. The van der Waals surface area contributed by atoms with E-state index in [0.717, 1.165) is 41.8 Å². The van der Waals surface area contributed by atoms with E-state index in [0.29, 0.717) is 37.4 Å². The predicted molar refractivity (Wildman–Crippen MR) is 154 cm³/mol. The van der Waals surface area contributed by atoms with Gasteiger partial charge in [-0.3, -0.25) is 9.59 Å². The first-order chi connectivity index (χ1) is 19.4. The number of carbonyl (C=O) groups excluding carboxylic acids is 3. The van der Waals surface area contributed by atoms with E-state index >= 15 is 0 Å². The van der Waals surface area contributed by atoms with E-state index in [1.807, 2.05) is 43.3 Å². The van der Waals surface area contributed by atoms with Gasteiger partial charge in [-0.2, -0.15) is 0 Å². The molecule has 0 atom stereocenters. The summed E-state index contributed by atoms with van der Waals surface area (Å²) in [6.07, 6.45) is 2.83. The number of hydrogen-bond acceptors (Lipinski definition) is 4. The minimum Gasteiger partial charge on any atom is -0.367 e. The van der Waals surface area contributed by atoms with Gasteiger partial charge in [0.05, 0.1) is 5.56 Å².